The maximum atomic E-state index is 5.97. The number of benzene rings is 1. The van der Waals surface area contributed by atoms with Gasteiger partial charge in [0.2, 0.25) is 0 Å². The van der Waals surface area contributed by atoms with E-state index < -0.39 is 0 Å². The van der Waals surface area contributed by atoms with Crippen LogP contribution in [0, 0.1) is 11.8 Å². The molecule has 5 nitrogen and oxygen atoms in total. The van der Waals surface area contributed by atoms with E-state index in [9.17, 15) is 0 Å². The van der Waals surface area contributed by atoms with Crippen molar-refractivity contribution in [3.05, 3.63) is 77.2 Å². The Morgan fingerprint density at radius 2 is 1.65 bits per heavy atom. The molecule has 0 N–H and O–H groups in total. The Morgan fingerprint density at radius 3 is 2.32 bits per heavy atom. The molecule has 2 aliphatic heterocycles. The van der Waals surface area contributed by atoms with Gasteiger partial charge in [-0.15, -0.1) is 0 Å². The lowest BCUT2D eigenvalue weighted by Gasteiger charge is -2.35. The van der Waals surface area contributed by atoms with Gasteiger partial charge in [-0.25, -0.2) is 9.97 Å². The standard InChI is InChI=1S/C28H29ClN4O/c1-34-27-13-16-32(17-14-27)26-12-15-33(20-26)28-11-3-21(18-31-28)2-9-25-10-6-23(19-30-25)22-4-7-24(29)8-5-22/h3-8,10-11,18-19,26-27H,12-17,20H2,1H3/t26-/m0/s1. The molecular formula is C28H29ClN4O. The molecular weight excluding hydrogens is 444 g/mol. The van der Waals surface area contributed by atoms with E-state index >= 15 is 0 Å². The quantitative estimate of drug-likeness (QED) is 0.506. The molecule has 0 saturated carbocycles. The predicted octanol–water partition coefficient (Wildman–Crippen LogP) is 4.89. The summed E-state index contributed by atoms with van der Waals surface area (Å²) in [6.07, 6.45) is 7.60. The van der Waals surface area contributed by atoms with Gasteiger partial charge in [-0.3, -0.25) is 4.90 Å². The Hall–Kier alpha value is -2.91. The van der Waals surface area contributed by atoms with Gasteiger partial charge in [0.1, 0.15) is 11.5 Å². The molecule has 0 amide bonds. The number of pyridine rings is 2. The first-order chi connectivity index (χ1) is 16.7. The van der Waals surface area contributed by atoms with E-state index in [4.69, 9.17) is 21.3 Å². The van der Waals surface area contributed by atoms with Crippen LogP contribution in [0.4, 0.5) is 5.82 Å². The normalized spacial score (nSPS) is 19.1. The van der Waals surface area contributed by atoms with Crippen LogP contribution in [0.25, 0.3) is 11.1 Å². The number of hydrogen-bond donors (Lipinski definition) is 0. The van der Waals surface area contributed by atoms with Crippen molar-refractivity contribution in [1.29, 1.82) is 0 Å². The van der Waals surface area contributed by atoms with Crippen molar-refractivity contribution in [3.8, 4) is 23.0 Å². The van der Waals surface area contributed by atoms with Gasteiger partial charge < -0.3 is 9.64 Å². The molecule has 1 aromatic carbocycles. The largest absolute Gasteiger partial charge is 0.381 e. The van der Waals surface area contributed by atoms with E-state index in [2.05, 4.69) is 38.8 Å². The average Bonchev–Trinajstić information content (AvgIpc) is 3.39. The van der Waals surface area contributed by atoms with E-state index in [1.54, 1.807) is 0 Å². The highest BCUT2D eigenvalue weighted by molar-refractivity contribution is 6.30. The Bertz CT molecular complexity index is 1140. The zero-order valence-corrected chi connectivity index (χ0v) is 20.2. The second-order valence-electron chi connectivity index (χ2n) is 8.95. The van der Waals surface area contributed by atoms with E-state index in [0.29, 0.717) is 12.1 Å². The van der Waals surface area contributed by atoms with Crippen LogP contribution < -0.4 is 4.90 Å². The van der Waals surface area contributed by atoms with Gasteiger partial charge in [-0.05, 0) is 61.1 Å². The topological polar surface area (TPSA) is 41.5 Å². The van der Waals surface area contributed by atoms with Crippen molar-refractivity contribution < 1.29 is 4.74 Å². The second kappa shape index (κ2) is 10.6. The SMILES string of the molecule is COC1CCN([C@H]2CCN(c3ccc(C#Cc4ccc(-c5ccc(Cl)cc5)cn4)cn3)C2)CC1. The number of ether oxygens (including phenoxy) is 1. The van der Waals surface area contributed by atoms with E-state index in [-0.39, 0.29) is 0 Å². The predicted molar refractivity (Wildman–Crippen MR) is 137 cm³/mol. The third-order valence-corrected chi connectivity index (χ3v) is 7.09. The fourth-order valence-electron chi connectivity index (χ4n) is 4.79. The molecule has 0 radical (unpaired) electrons. The first-order valence-corrected chi connectivity index (χ1v) is 12.3. The molecule has 4 heterocycles. The molecule has 1 atom stereocenters. The van der Waals surface area contributed by atoms with Crippen molar-refractivity contribution >= 4 is 17.4 Å². The molecule has 2 aromatic heterocycles. The smallest absolute Gasteiger partial charge is 0.128 e. The molecule has 2 fully saturated rings. The summed E-state index contributed by atoms with van der Waals surface area (Å²) in [6, 6.07) is 16.5. The number of rotatable bonds is 4. The maximum absolute atomic E-state index is 5.97. The Kier molecular flexibility index (Phi) is 7.10. The molecule has 2 saturated heterocycles. The van der Waals surface area contributed by atoms with Gasteiger partial charge in [0, 0.05) is 67.9 Å². The Labute approximate surface area is 206 Å². The Balaban J connectivity index is 1.17. The number of halogens is 1. The summed E-state index contributed by atoms with van der Waals surface area (Å²) in [7, 11) is 1.83. The molecule has 0 unspecified atom stereocenters. The summed E-state index contributed by atoms with van der Waals surface area (Å²) in [4.78, 5) is 14.2. The highest BCUT2D eigenvalue weighted by Gasteiger charge is 2.31. The van der Waals surface area contributed by atoms with E-state index in [1.165, 1.54) is 6.42 Å². The summed E-state index contributed by atoms with van der Waals surface area (Å²) in [5.74, 6) is 7.36. The van der Waals surface area contributed by atoms with Gasteiger partial charge >= 0.3 is 0 Å². The van der Waals surface area contributed by atoms with Crippen molar-refractivity contribution in [2.24, 2.45) is 0 Å². The summed E-state index contributed by atoms with van der Waals surface area (Å²) in [6.45, 7) is 4.36. The number of nitrogens with zero attached hydrogens (tertiary/aromatic N) is 4. The van der Waals surface area contributed by atoms with Crippen LogP contribution in [0.3, 0.4) is 0 Å². The highest BCUT2D eigenvalue weighted by atomic mass is 35.5. The van der Waals surface area contributed by atoms with Crippen LogP contribution in [0.5, 0.6) is 0 Å². The summed E-state index contributed by atoms with van der Waals surface area (Å²) in [5, 5.41) is 0.728. The van der Waals surface area contributed by atoms with Gasteiger partial charge in [0.15, 0.2) is 0 Å². The lowest BCUT2D eigenvalue weighted by molar-refractivity contribution is 0.0301. The minimum absolute atomic E-state index is 0.431. The number of aromatic nitrogens is 2. The van der Waals surface area contributed by atoms with Crippen molar-refractivity contribution in [1.82, 2.24) is 14.9 Å². The number of anilines is 1. The van der Waals surface area contributed by atoms with Crippen molar-refractivity contribution in [2.45, 2.75) is 31.4 Å². The number of piperidine rings is 1. The molecule has 34 heavy (non-hydrogen) atoms. The van der Waals surface area contributed by atoms with Crippen molar-refractivity contribution in [3.63, 3.8) is 0 Å². The first kappa shape index (κ1) is 22.9. The fourth-order valence-corrected chi connectivity index (χ4v) is 4.91. The molecule has 6 heteroatoms. The second-order valence-corrected chi connectivity index (χ2v) is 9.39. The molecule has 0 aliphatic carbocycles. The molecule has 2 aliphatic rings. The minimum atomic E-state index is 0.431. The number of hydrogen-bond acceptors (Lipinski definition) is 5. The lowest BCUT2D eigenvalue weighted by Crippen LogP contribution is -2.44. The van der Waals surface area contributed by atoms with Gasteiger partial charge in [-0.2, -0.15) is 0 Å². The molecule has 0 spiro atoms. The van der Waals surface area contributed by atoms with Crippen LogP contribution >= 0.6 is 11.6 Å². The van der Waals surface area contributed by atoms with Gasteiger partial charge in [-0.1, -0.05) is 35.7 Å². The van der Waals surface area contributed by atoms with E-state index in [1.807, 2.05) is 55.9 Å². The fraction of sp³-hybridized carbons (Fsp3) is 0.357. The summed E-state index contributed by atoms with van der Waals surface area (Å²) >= 11 is 5.97. The number of likely N-dealkylation sites (tertiary alicyclic amines) is 1. The van der Waals surface area contributed by atoms with Crippen LogP contribution in [-0.2, 0) is 4.74 Å². The minimum Gasteiger partial charge on any atom is -0.381 e. The lowest BCUT2D eigenvalue weighted by atomic mass is 10.1. The summed E-state index contributed by atoms with van der Waals surface area (Å²) < 4.78 is 5.51. The van der Waals surface area contributed by atoms with E-state index in [0.717, 1.165) is 72.2 Å². The molecule has 174 valence electrons. The number of methoxy groups -OCH3 is 1. The molecule has 5 rings (SSSR count). The highest BCUT2D eigenvalue weighted by Crippen LogP contribution is 2.25. The summed E-state index contributed by atoms with van der Waals surface area (Å²) in [5.41, 5.74) is 3.76. The maximum Gasteiger partial charge on any atom is 0.128 e. The molecule has 3 aromatic rings. The zero-order chi connectivity index (χ0) is 23.3. The molecule has 0 bridgehead atoms. The monoisotopic (exact) mass is 472 g/mol. The first-order valence-electron chi connectivity index (χ1n) is 11.9. The van der Waals surface area contributed by atoms with Crippen LogP contribution in [0.2, 0.25) is 5.02 Å². The van der Waals surface area contributed by atoms with Crippen LogP contribution in [0.1, 0.15) is 30.5 Å². The third-order valence-electron chi connectivity index (χ3n) is 6.84. The van der Waals surface area contributed by atoms with Crippen LogP contribution in [-0.4, -0.2) is 60.3 Å². The average molecular weight is 473 g/mol. The Morgan fingerprint density at radius 1 is 0.853 bits per heavy atom. The van der Waals surface area contributed by atoms with Crippen molar-refractivity contribution in [2.75, 3.05) is 38.2 Å². The third kappa shape index (κ3) is 5.42. The zero-order valence-electron chi connectivity index (χ0n) is 19.5. The van der Waals surface area contributed by atoms with Crippen LogP contribution in [0.15, 0.2) is 60.9 Å². The van der Waals surface area contributed by atoms with Gasteiger partial charge in [0.05, 0.1) is 6.10 Å². The van der Waals surface area contributed by atoms with Gasteiger partial charge in [0.25, 0.3) is 0 Å².